The number of hydrogen-bond donors (Lipinski definition) is 1. The Hall–Kier alpha value is -1.31. The maximum Gasteiger partial charge on any atom is 0.219 e. The van der Waals surface area contributed by atoms with Gasteiger partial charge in [-0.25, -0.2) is 0 Å². The first-order valence-corrected chi connectivity index (χ1v) is 5.38. The molecule has 0 atom stereocenters. The van der Waals surface area contributed by atoms with Gasteiger partial charge in [-0.3, -0.25) is 4.79 Å². The van der Waals surface area contributed by atoms with Gasteiger partial charge < -0.3 is 5.32 Å². The molecule has 0 aromatic heterocycles. The van der Waals surface area contributed by atoms with E-state index in [0.717, 1.165) is 0 Å². The SMILES string of the molecule is CCC(=O)NCc1c(C)cc(C)cc1C. The molecule has 0 aliphatic heterocycles. The highest BCUT2D eigenvalue weighted by Crippen LogP contribution is 2.15. The normalized spacial score (nSPS) is 10.1. The van der Waals surface area contributed by atoms with Crippen molar-refractivity contribution < 1.29 is 4.79 Å². The van der Waals surface area contributed by atoms with Gasteiger partial charge in [0, 0.05) is 13.0 Å². The van der Waals surface area contributed by atoms with E-state index in [4.69, 9.17) is 0 Å². The first kappa shape index (κ1) is 11.8. The summed E-state index contributed by atoms with van der Waals surface area (Å²) in [5.74, 6) is 0.106. The molecule has 0 fully saturated rings. The lowest BCUT2D eigenvalue weighted by molar-refractivity contribution is -0.120. The summed E-state index contributed by atoms with van der Waals surface area (Å²) in [5, 5.41) is 2.91. The van der Waals surface area contributed by atoms with Gasteiger partial charge in [0.1, 0.15) is 0 Å². The standard InChI is InChI=1S/C13H19NO/c1-5-13(15)14-8-12-10(3)6-9(2)7-11(12)4/h6-7H,5,8H2,1-4H3,(H,14,15). The molecular formula is C13H19NO. The van der Waals surface area contributed by atoms with Gasteiger partial charge in [-0.1, -0.05) is 24.6 Å². The summed E-state index contributed by atoms with van der Waals surface area (Å²) in [5.41, 5.74) is 5.02. The van der Waals surface area contributed by atoms with E-state index < -0.39 is 0 Å². The monoisotopic (exact) mass is 205 g/mol. The average molecular weight is 205 g/mol. The Labute approximate surface area is 91.7 Å². The van der Waals surface area contributed by atoms with E-state index in [9.17, 15) is 4.79 Å². The molecule has 82 valence electrons. The van der Waals surface area contributed by atoms with Crippen LogP contribution in [-0.4, -0.2) is 5.91 Å². The molecule has 1 amide bonds. The van der Waals surface area contributed by atoms with Crippen molar-refractivity contribution in [1.29, 1.82) is 0 Å². The minimum absolute atomic E-state index is 0.106. The third-order valence-corrected chi connectivity index (χ3v) is 2.62. The topological polar surface area (TPSA) is 29.1 Å². The number of rotatable bonds is 3. The Morgan fingerprint density at radius 1 is 1.20 bits per heavy atom. The lowest BCUT2D eigenvalue weighted by Crippen LogP contribution is -2.22. The summed E-state index contributed by atoms with van der Waals surface area (Å²) in [6, 6.07) is 4.31. The zero-order valence-electron chi connectivity index (χ0n) is 9.98. The van der Waals surface area contributed by atoms with E-state index >= 15 is 0 Å². The summed E-state index contributed by atoms with van der Waals surface area (Å²) >= 11 is 0. The van der Waals surface area contributed by atoms with E-state index in [-0.39, 0.29) is 5.91 Å². The van der Waals surface area contributed by atoms with Crippen molar-refractivity contribution in [2.45, 2.75) is 40.7 Å². The Morgan fingerprint density at radius 3 is 2.20 bits per heavy atom. The Morgan fingerprint density at radius 2 is 1.73 bits per heavy atom. The molecule has 0 unspecified atom stereocenters. The number of aryl methyl sites for hydroxylation is 3. The third kappa shape index (κ3) is 3.08. The average Bonchev–Trinajstić information content (AvgIpc) is 2.15. The highest BCUT2D eigenvalue weighted by Gasteiger charge is 2.04. The molecule has 0 spiro atoms. The number of hydrogen-bond acceptors (Lipinski definition) is 1. The van der Waals surface area contributed by atoms with Crippen LogP contribution in [0.2, 0.25) is 0 Å². The predicted molar refractivity (Wildman–Crippen MR) is 62.8 cm³/mol. The summed E-state index contributed by atoms with van der Waals surface area (Å²) in [6.45, 7) is 8.78. The minimum Gasteiger partial charge on any atom is -0.352 e. The Bertz CT molecular complexity index is 346. The molecule has 2 heteroatoms. The summed E-state index contributed by atoms with van der Waals surface area (Å²) in [6.07, 6.45) is 0.546. The van der Waals surface area contributed by atoms with E-state index in [0.29, 0.717) is 13.0 Å². The maximum atomic E-state index is 11.2. The molecular weight excluding hydrogens is 186 g/mol. The van der Waals surface area contributed by atoms with Crippen LogP contribution >= 0.6 is 0 Å². The number of carbonyl (C=O) groups is 1. The maximum absolute atomic E-state index is 11.2. The van der Waals surface area contributed by atoms with Crippen LogP contribution in [0.5, 0.6) is 0 Å². The highest BCUT2D eigenvalue weighted by atomic mass is 16.1. The predicted octanol–water partition coefficient (Wildman–Crippen LogP) is 2.64. The smallest absolute Gasteiger partial charge is 0.219 e. The second-order valence-electron chi connectivity index (χ2n) is 4.01. The van der Waals surface area contributed by atoms with Crippen molar-refractivity contribution in [3.8, 4) is 0 Å². The third-order valence-electron chi connectivity index (χ3n) is 2.62. The van der Waals surface area contributed by atoms with Crippen molar-refractivity contribution in [2.75, 3.05) is 0 Å². The first-order valence-electron chi connectivity index (χ1n) is 5.38. The van der Waals surface area contributed by atoms with Crippen molar-refractivity contribution in [2.24, 2.45) is 0 Å². The molecule has 0 aliphatic rings. The Balaban J connectivity index is 2.81. The lowest BCUT2D eigenvalue weighted by atomic mass is 10.00. The molecule has 1 aromatic carbocycles. The van der Waals surface area contributed by atoms with Gasteiger partial charge in [0.2, 0.25) is 5.91 Å². The molecule has 0 saturated heterocycles. The first-order chi connectivity index (χ1) is 7.04. The van der Waals surface area contributed by atoms with Crippen LogP contribution in [0.1, 0.15) is 35.6 Å². The molecule has 0 radical (unpaired) electrons. The molecule has 1 aromatic rings. The van der Waals surface area contributed by atoms with Crippen molar-refractivity contribution in [3.63, 3.8) is 0 Å². The molecule has 0 heterocycles. The van der Waals surface area contributed by atoms with Crippen molar-refractivity contribution in [3.05, 3.63) is 34.4 Å². The molecule has 0 bridgehead atoms. The van der Waals surface area contributed by atoms with E-state index in [1.807, 2.05) is 6.92 Å². The van der Waals surface area contributed by atoms with Crippen LogP contribution in [0.4, 0.5) is 0 Å². The Kier molecular flexibility index (Phi) is 3.89. The second kappa shape index (κ2) is 4.96. The number of benzene rings is 1. The van der Waals surface area contributed by atoms with Gasteiger partial charge in [0.25, 0.3) is 0 Å². The van der Waals surface area contributed by atoms with Crippen LogP contribution in [0.3, 0.4) is 0 Å². The van der Waals surface area contributed by atoms with Crippen molar-refractivity contribution in [1.82, 2.24) is 5.32 Å². The zero-order valence-corrected chi connectivity index (χ0v) is 9.98. The minimum atomic E-state index is 0.106. The lowest BCUT2D eigenvalue weighted by Gasteiger charge is -2.11. The van der Waals surface area contributed by atoms with E-state index in [1.165, 1.54) is 22.3 Å². The highest BCUT2D eigenvalue weighted by molar-refractivity contribution is 5.75. The second-order valence-corrected chi connectivity index (χ2v) is 4.01. The van der Waals surface area contributed by atoms with Crippen LogP contribution in [0, 0.1) is 20.8 Å². The van der Waals surface area contributed by atoms with Gasteiger partial charge in [0.15, 0.2) is 0 Å². The van der Waals surface area contributed by atoms with Gasteiger partial charge >= 0.3 is 0 Å². The molecule has 0 saturated carbocycles. The number of amides is 1. The van der Waals surface area contributed by atoms with Crippen LogP contribution in [0.15, 0.2) is 12.1 Å². The molecule has 2 nitrogen and oxygen atoms in total. The number of carbonyl (C=O) groups excluding carboxylic acids is 1. The molecule has 1 N–H and O–H groups in total. The molecule has 15 heavy (non-hydrogen) atoms. The summed E-state index contributed by atoms with van der Waals surface area (Å²) < 4.78 is 0. The fourth-order valence-corrected chi connectivity index (χ4v) is 1.80. The zero-order chi connectivity index (χ0) is 11.4. The quantitative estimate of drug-likeness (QED) is 0.807. The van der Waals surface area contributed by atoms with E-state index in [2.05, 4.69) is 38.2 Å². The molecule has 1 rings (SSSR count). The van der Waals surface area contributed by atoms with Gasteiger partial charge in [0.05, 0.1) is 0 Å². The van der Waals surface area contributed by atoms with Gasteiger partial charge in [-0.2, -0.15) is 0 Å². The van der Waals surface area contributed by atoms with Crippen LogP contribution < -0.4 is 5.32 Å². The number of nitrogens with one attached hydrogen (secondary N) is 1. The van der Waals surface area contributed by atoms with Gasteiger partial charge in [-0.15, -0.1) is 0 Å². The van der Waals surface area contributed by atoms with Crippen LogP contribution in [0.25, 0.3) is 0 Å². The molecule has 0 aliphatic carbocycles. The largest absolute Gasteiger partial charge is 0.352 e. The fraction of sp³-hybridized carbons (Fsp3) is 0.462. The van der Waals surface area contributed by atoms with Crippen molar-refractivity contribution >= 4 is 5.91 Å². The summed E-state index contributed by atoms with van der Waals surface area (Å²) in [4.78, 5) is 11.2. The van der Waals surface area contributed by atoms with E-state index in [1.54, 1.807) is 0 Å². The van der Waals surface area contributed by atoms with Crippen LogP contribution in [-0.2, 0) is 11.3 Å². The van der Waals surface area contributed by atoms with Gasteiger partial charge in [-0.05, 0) is 37.5 Å². The summed E-state index contributed by atoms with van der Waals surface area (Å²) in [7, 11) is 0. The fourth-order valence-electron chi connectivity index (χ4n) is 1.80.